The van der Waals surface area contributed by atoms with E-state index in [2.05, 4.69) is 4.98 Å². The first-order valence-electron chi connectivity index (χ1n) is 14.2. The van der Waals surface area contributed by atoms with Gasteiger partial charge in [-0.1, -0.05) is 77.0 Å². The number of thioether (sulfide) groups is 1. The van der Waals surface area contributed by atoms with E-state index in [0.29, 0.717) is 36.1 Å². The fraction of sp³-hybridized carbons (Fsp3) is 0.182. The van der Waals surface area contributed by atoms with Gasteiger partial charge in [-0.05, 0) is 66.9 Å². The van der Waals surface area contributed by atoms with Crippen LogP contribution in [0.3, 0.4) is 0 Å². The van der Waals surface area contributed by atoms with E-state index < -0.39 is 11.2 Å². The predicted octanol–water partition coefficient (Wildman–Crippen LogP) is 6.61. The van der Waals surface area contributed by atoms with E-state index in [1.807, 2.05) is 32.0 Å². The molecule has 0 unspecified atom stereocenters. The van der Waals surface area contributed by atoms with Crippen molar-refractivity contribution in [1.29, 1.82) is 0 Å². The van der Waals surface area contributed by atoms with Crippen LogP contribution in [0.25, 0.3) is 17.2 Å². The summed E-state index contributed by atoms with van der Waals surface area (Å²) in [6, 6.07) is 16.1. The van der Waals surface area contributed by atoms with Gasteiger partial charge in [-0.3, -0.25) is 28.2 Å². The summed E-state index contributed by atoms with van der Waals surface area (Å²) in [6.45, 7) is 4.04. The highest BCUT2D eigenvalue weighted by atomic mass is 35.5. The zero-order chi connectivity index (χ0) is 33.7. The topological polar surface area (TPSA) is 101 Å². The molecule has 0 radical (unpaired) electrons. The van der Waals surface area contributed by atoms with Crippen LogP contribution in [0.1, 0.15) is 22.3 Å². The average Bonchev–Trinajstić information content (AvgIpc) is 3.52. The van der Waals surface area contributed by atoms with Gasteiger partial charge in [-0.15, -0.1) is 0 Å². The lowest BCUT2D eigenvalue weighted by Gasteiger charge is -2.17. The highest BCUT2D eigenvalue weighted by molar-refractivity contribution is 8.27. The zero-order valence-corrected chi connectivity index (χ0v) is 29.0. The van der Waals surface area contributed by atoms with Crippen LogP contribution in [-0.4, -0.2) is 36.0 Å². The molecule has 0 N–H and O–H groups in total. The summed E-state index contributed by atoms with van der Waals surface area (Å²) >= 11 is 19.4. The zero-order valence-electron chi connectivity index (χ0n) is 25.8. The first-order valence-corrected chi connectivity index (χ1v) is 16.2. The molecule has 0 spiro atoms. The molecular formula is C33H27Cl2N5O5S2. The van der Waals surface area contributed by atoms with Crippen molar-refractivity contribution in [3.05, 3.63) is 113 Å². The number of carbonyl (C=O) groups is 1. The van der Waals surface area contributed by atoms with Crippen LogP contribution in [0.15, 0.2) is 69.1 Å². The summed E-state index contributed by atoms with van der Waals surface area (Å²) in [6.07, 6.45) is 1.74. The van der Waals surface area contributed by atoms with E-state index >= 15 is 0 Å². The molecule has 1 aliphatic rings. The maximum atomic E-state index is 13.5. The first kappa shape index (κ1) is 32.6. The lowest BCUT2D eigenvalue weighted by molar-refractivity contribution is -0.113. The second kappa shape index (κ2) is 12.7. The predicted molar refractivity (Wildman–Crippen MR) is 190 cm³/mol. The number of halogens is 2. The van der Waals surface area contributed by atoms with Gasteiger partial charge in [-0.2, -0.15) is 4.98 Å². The standard InChI is InChI=1S/C33H27Cl2N5O5S2/c1-17-6-10-23(18(2)12-17)40-29(41)26(47-33(40)46)14-19-7-11-24(25(13-19)44-5)45-31-36-28-27(30(42)38(4)32(43)37(28)3)39(31)16-20-8-9-21(34)15-22(20)35/h6-15H,16H2,1-5H3/b26-14+. The monoisotopic (exact) mass is 707 g/mol. The van der Waals surface area contributed by atoms with Gasteiger partial charge in [0.15, 0.2) is 27.0 Å². The number of methoxy groups -OCH3 is 1. The summed E-state index contributed by atoms with van der Waals surface area (Å²) < 4.78 is 16.2. The summed E-state index contributed by atoms with van der Waals surface area (Å²) in [5.41, 5.74) is 3.33. The fourth-order valence-corrected chi connectivity index (χ4v) is 7.06. The molecule has 0 atom stereocenters. The molecule has 240 valence electrons. The van der Waals surface area contributed by atoms with Crippen LogP contribution >= 0.6 is 47.2 Å². The number of hydrogen-bond donors (Lipinski definition) is 0. The Morgan fingerprint density at radius 2 is 1.72 bits per heavy atom. The largest absolute Gasteiger partial charge is 0.493 e. The van der Waals surface area contributed by atoms with E-state index in [0.717, 1.165) is 21.4 Å². The number of hydrogen-bond acceptors (Lipinski definition) is 8. The Kier molecular flexibility index (Phi) is 8.79. The minimum absolute atomic E-state index is 0.0321. The molecule has 14 heteroatoms. The Morgan fingerprint density at radius 1 is 0.957 bits per heavy atom. The number of anilines is 1. The molecule has 0 aliphatic carbocycles. The van der Waals surface area contributed by atoms with Gasteiger partial charge in [0.2, 0.25) is 0 Å². The van der Waals surface area contributed by atoms with Crippen molar-refractivity contribution < 1.29 is 14.3 Å². The number of benzene rings is 3. The number of aromatic nitrogens is 4. The minimum Gasteiger partial charge on any atom is -0.493 e. The molecule has 10 nitrogen and oxygen atoms in total. The third kappa shape index (κ3) is 5.98. The fourth-order valence-electron chi connectivity index (χ4n) is 5.31. The van der Waals surface area contributed by atoms with Gasteiger partial charge in [-0.25, -0.2) is 4.79 Å². The Hall–Kier alpha value is -4.36. The van der Waals surface area contributed by atoms with Crippen LogP contribution in [-0.2, 0) is 25.4 Å². The molecule has 47 heavy (non-hydrogen) atoms. The van der Waals surface area contributed by atoms with E-state index in [-0.39, 0.29) is 35.4 Å². The highest BCUT2D eigenvalue weighted by Crippen LogP contribution is 2.39. The quantitative estimate of drug-likeness (QED) is 0.138. The molecule has 1 aliphatic heterocycles. The number of thiocarbonyl (C=S) groups is 1. The Balaban J connectivity index is 1.38. The van der Waals surface area contributed by atoms with Crippen molar-refractivity contribution in [3.63, 3.8) is 0 Å². The number of fused-ring (bicyclic) bond motifs is 1. The van der Waals surface area contributed by atoms with Crippen molar-refractivity contribution in [2.45, 2.75) is 20.4 Å². The Bertz CT molecular complexity index is 2290. The van der Waals surface area contributed by atoms with E-state index in [9.17, 15) is 14.4 Å². The average molecular weight is 709 g/mol. The van der Waals surface area contributed by atoms with E-state index in [4.69, 9.17) is 44.9 Å². The van der Waals surface area contributed by atoms with Crippen LogP contribution in [0.5, 0.6) is 17.5 Å². The summed E-state index contributed by atoms with van der Waals surface area (Å²) in [5.74, 6) is 0.412. The molecule has 6 rings (SSSR count). The third-order valence-electron chi connectivity index (χ3n) is 7.73. The molecule has 2 aromatic heterocycles. The number of aryl methyl sites for hydroxylation is 3. The summed E-state index contributed by atoms with van der Waals surface area (Å²) in [7, 11) is 4.41. The number of nitrogens with zero attached hydrogens (tertiary/aromatic N) is 5. The summed E-state index contributed by atoms with van der Waals surface area (Å²) in [4.78, 5) is 46.1. The van der Waals surface area contributed by atoms with Crippen molar-refractivity contribution in [1.82, 2.24) is 18.7 Å². The van der Waals surface area contributed by atoms with E-state index in [1.165, 1.54) is 37.5 Å². The Morgan fingerprint density at radius 3 is 2.43 bits per heavy atom. The smallest absolute Gasteiger partial charge is 0.332 e. The molecule has 3 heterocycles. The lowest BCUT2D eigenvalue weighted by atomic mass is 10.1. The first-order chi connectivity index (χ1) is 22.4. The van der Waals surface area contributed by atoms with Crippen molar-refractivity contribution in [2.75, 3.05) is 12.0 Å². The number of ether oxygens (including phenoxy) is 2. The highest BCUT2D eigenvalue weighted by Gasteiger charge is 2.34. The van der Waals surface area contributed by atoms with Crippen LogP contribution in [0, 0.1) is 13.8 Å². The Labute approximate surface area is 288 Å². The molecular weight excluding hydrogens is 681 g/mol. The SMILES string of the molecule is COc1cc(/C=C2/SC(=S)N(c3ccc(C)cc3C)C2=O)ccc1Oc1nc2c(c(=O)n(C)c(=O)n2C)n1Cc1ccc(Cl)cc1Cl. The number of rotatable bonds is 7. The minimum atomic E-state index is -0.545. The maximum Gasteiger partial charge on any atom is 0.332 e. The molecule has 1 amide bonds. The summed E-state index contributed by atoms with van der Waals surface area (Å²) in [5, 5.41) is 0.846. The van der Waals surface area contributed by atoms with Gasteiger partial charge >= 0.3 is 11.7 Å². The van der Waals surface area contributed by atoms with Gasteiger partial charge in [0.25, 0.3) is 11.5 Å². The normalized spacial score (nSPS) is 14.1. The molecule has 0 saturated carbocycles. The number of carbonyl (C=O) groups excluding carboxylic acids is 1. The van der Waals surface area contributed by atoms with Crippen LogP contribution in [0.4, 0.5) is 5.69 Å². The molecule has 0 bridgehead atoms. The van der Waals surface area contributed by atoms with Gasteiger partial charge < -0.3 is 9.47 Å². The third-order valence-corrected chi connectivity index (χ3v) is 9.62. The van der Waals surface area contributed by atoms with Gasteiger partial charge in [0.1, 0.15) is 0 Å². The maximum absolute atomic E-state index is 13.5. The van der Waals surface area contributed by atoms with Crippen LogP contribution < -0.4 is 25.6 Å². The number of amides is 1. The molecule has 5 aromatic rings. The van der Waals surface area contributed by atoms with Gasteiger partial charge in [0, 0.05) is 24.1 Å². The van der Waals surface area contributed by atoms with Crippen molar-refractivity contribution in [3.8, 4) is 17.5 Å². The second-order valence-corrected chi connectivity index (χ2v) is 13.4. The van der Waals surface area contributed by atoms with Crippen molar-refractivity contribution in [2.24, 2.45) is 14.1 Å². The number of imidazole rings is 1. The molecule has 3 aromatic carbocycles. The van der Waals surface area contributed by atoms with Crippen LogP contribution in [0.2, 0.25) is 10.0 Å². The second-order valence-electron chi connectivity index (χ2n) is 10.9. The molecule has 1 saturated heterocycles. The van der Waals surface area contributed by atoms with Gasteiger partial charge in [0.05, 0.1) is 24.2 Å². The van der Waals surface area contributed by atoms with Crippen molar-refractivity contribution >= 4 is 80.3 Å². The van der Waals surface area contributed by atoms with E-state index in [1.54, 1.807) is 51.9 Å². The lowest BCUT2D eigenvalue weighted by Crippen LogP contribution is -2.37. The molecule has 1 fully saturated rings.